The Balaban J connectivity index is 2.46. The summed E-state index contributed by atoms with van der Waals surface area (Å²) in [5.74, 6) is 1.44. The first kappa shape index (κ1) is 13.6. The van der Waals surface area contributed by atoms with Crippen molar-refractivity contribution in [1.29, 1.82) is 0 Å². The summed E-state index contributed by atoms with van der Waals surface area (Å²) >= 11 is 6.05. The van der Waals surface area contributed by atoms with Gasteiger partial charge in [0.25, 0.3) is 0 Å². The topological polar surface area (TPSA) is 0 Å². The van der Waals surface area contributed by atoms with Crippen molar-refractivity contribution in [2.75, 3.05) is 5.88 Å². The minimum absolute atomic E-state index is 0.648. The van der Waals surface area contributed by atoms with Crippen molar-refractivity contribution in [3.8, 4) is 0 Å². The molecule has 0 aliphatic rings. The van der Waals surface area contributed by atoms with E-state index in [1.165, 1.54) is 36.8 Å². The highest BCUT2D eigenvalue weighted by Crippen LogP contribution is 2.19. The van der Waals surface area contributed by atoms with Crippen LogP contribution in [0.5, 0.6) is 0 Å². The summed E-state index contributed by atoms with van der Waals surface area (Å²) in [5.41, 5.74) is 2.86. The first-order valence-corrected chi connectivity index (χ1v) is 6.91. The molecule has 0 fully saturated rings. The lowest BCUT2D eigenvalue weighted by molar-refractivity contribution is 0.497. The van der Waals surface area contributed by atoms with Crippen molar-refractivity contribution < 1.29 is 0 Å². The molecule has 0 N–H and O–H groups in total. The van der Waals surface area contributed by atoms with Crippen LogP contribution in [0.3, 0.4) is 0 Å². The average Bonchev–Trinajstić information content (AvgIpc) is 2.30. The van der Waals surface area contributed by atoms with Gasteiger partial charge in [0.1, 0.15) is 0 Å². The number of rotatable bonds is 7. The van der Waals surface area contributed by atoms with Crippen LogP contribution in [0.4, 0.5) is 0 Å². The molecule has 0 aliphatic heterocycles. The average molecular weight is 239 g/mol. The van der Waals surface area contributed by atoms with Crippen LogP contribution in [0.1, 0.15) is 43.7 Å². The van der Waals surface area contributed by atoms with Crippen molar-refractivity contribution in [2.45, 2.75) is 46.0 Å². The molecular weight excluding hydrogens is 216 g/mol. The van der Waals surface area contributed by atoms with Crippen molar-refractivity contribution in [3.05, 3.63) is 35.4 Å². The van der Waals surface area contributed by atoms with Crippen LogP contribution >= 0.6 is 11.6 Å². The minimum atomic E-state index is 0.648. The van der Waals surface area contributed by atoms with E-state index < -0.39 is 0 Å². The van der Waals surface area contributed by atoms with E-state index in [4.69, 9.17) is 11.6 Å². The third-order valence-corrected chi connectivity index (χ3v) is 3.64. The molecule has 0 bridgehead atoms. The van der Waals surface area contributed by atoms with Gasteiger partial charge in [-0.25, -0.2) is 0 Å². The Hall–Kier alpha value is -0.490. The van der Waals surface area contributed by atoms with Gasteiger partial charge in [0.05, 0.1) is 0 Å². The maximum absolute atomic E-state index is 6.05. The second kappa shape index (κ2) is 7.73. The lowest BCUT2D eigenvalue weighted by Gasteiger charge is -2.15. The van der Waals surface area contributed by atoms with Crippen molar-refractivity contribution in [3.63, 3.8) is 0 Å². The van der Waals surface area contributed by atoms with E-state index in [0.29, 0.717) is 5.92 Å². The summed E-state index contributed by atoms with van der Waals surface area (Å²) in [7, 11) is 0. The Bertz CT molecular complexity index is 293. The van der Waals surface area contributed by atoms with Crippen LogP contribution in [0.2, 0.25) is 0 Å². The van der Waals surface area contributed by atoms with E-state index >= 15 is 0 Å². The van der Waals surface area contributed by atoms with Gasteiger partial charge in [-0.3, -0.25) is 0 Å². The van der Waals surface area contributed by atoms with E-state index in [9.17, 15) is 0 Å². The maximum atomic E-state index is 6.05. The van der Waals surface area contributed by atoms with E-state index in [-0.39, 0.29) is 0 Å². The number of hydrogen-bond acceptors (Lipinski definition) is 0. The fourth-order valence-corrected chi connectivity index (χ4v) is 2.33. The molecule has 0 heterocycles. The molecule has 1 rings (SSSR count). The van der Waals surface area contributed by atoms with Gasteiger partial charge in [0.15, 0.2) is 0 Å². The number of aryl methyl sites for hydroxylation is 1. The molecule has 0 radical (unpaired) electrons. The summed E-state index contributed by atoms with van der Waals surface area (Å²) in [4.78, 5) is 0. The summed E-state index contributed by atoms with van der Waals surface area (Å²) in [6.07, 6.45) is 6.35. The quantitative estimate of drug-likeness (QED) is 0.465. The highest BCUT2D eigenvalue weighted by atomic mass is 35.5. The lowest BCUT2D eigenvalue weighted by atomic mass is 9.93. The Labute approximate surface area is 105 Å². The van der Waals surface area contributed by atoms with Crippen molar-refractivity contribution >= 4 is 11.6 Å². The summed E-state index contributed by atoms with van der Waals surface area (Å²) < 4.78 is 0. The Morgan fingerprint density at radius 2 is 1.94 bits per heavy atom. The number of alkyl halides is 1. The minimum Gasteiger partial charge on any atom is -0.126 e. The molecule has 1 atom stereocenters. The zero-order chi connectivity index (χ0) is 11.8. The highest BCUT2D eigenvalue weighted by Gasteiger charge is 2.09. The monoisotopic (exact) mass is 238 g/mol. The zero-order valence-electron chi connectivity index (χ0n) is 10.5. The molecule has 0 aromatic heterocycles. The van der Waals surface area contributed by atoms with Crippen LogP contribution in [0, 0.1) is 12.8 Å². The molecule has 1 unspecified atom stereocenters. The summed E-state index contributed by atoms with van der Waals surface area (Å²) in [5, 5.41) is 0. The lowest BCUT2D eigenvalue weighted by Crippen LogP contribution is -2.07. The van der Waals surface area contributed by atoms with E-state index in [2.05, 4.69) is 38.1 Å². The molecule has 0 amide bonds. The van der Waals surface area contributed by atoms with Gasteiger partial charge in [-0.1, -0.05) is 50.5 Å². The molecule has 0 aliphatic carbocycles. The maximum Gasteiger partial charge on any atom is 0.0254 e. The van der Waals surface area contributed by atoms with Crippen LogP contribution in [0.25, 0.3) is 0 Å². The fraction of sp³-hybridized carbons (Fsp3) is 0.600. The predicted octanol–water partition coefficient (Wildman–Crippen LogP) is 4.97. The van der Waals surface area contributed by atoms with Gasteiger partial charge >= 0.3 is 0 Å². The van der Waals surface area contributed by atoms with E-state index in [0.717, 1.165) is 12.3 Å². The third kappa shape index (κ3) is 4.57. The Kier molecular flexibility index (Phi) is 6.56. The summed E-state index contributed by atoms with van der Waals surface area (Å²) in [6.45, 7) is 4.43. The van der Waals surface area contributed by atoms with Gasteiger partial charge in [-0.15, -0.1) is 11.6 Å². The molecule has 1 aromatic rings. The third-order valence-electron chi connectivity index (χ3n) is 3.20. The van der Waals surface area contributed by atoms with Gasteiger partial charge in [0, 0.05) is 5.88 Å². The van der Waals surface area contributed by atoms with E-state index in [1.54, 1.807) is 0 Å². The number of hydrogen-bond donors (Lipinski definition) is 0. The summed E-state index contributed by atoms with van der Waals surface area (Å²) in [6, 6.07) is 8.65. The van der Waals surface area contributed by atoms with Gasteiger partial charge < -0.3 is 0 Å². The van der Waals surface area contributed by atoms with Crippen molar-refractivity contribution in [1.82, 2.24) is 0 Å². The van der Waals surface area contributed by atoms with Gasteiger partial charge in [-0.2, -0.15) is 0 Å². The molecule has 16 heavy (non-hydrogen) atoms. The van der Waals surface area contributed by atoms with Gasteiger partial charge in [0.2, 0.25) is 0 Å². The Morgan fingerprint density at radius 3 is 2.56 bits per heavy atom. The van der Waals surface area contributed by atoms with Crippen molar-refractivity contribution in [2.24, 2.45) is 5.92 Å². The van der Waals surface area contributed by atoms with Crippen LogP contribution < -0.4 is 0 Å². The smallest absolute Gasteiger partial charge is 0.0254 e. The number of unbranched alkanes of at least 4 members (excludes halogenated alkanes) is 2. The molecule has 0 saturated heterocycles. The second-order valence-corrected chi connectivity index (χ2v) is 4.96. The number of halogens is 1. The molecular formula is C15H23Cl. The first-order valence-electron chi connectivity index (χ1n) is 6.38. The molecule has 1 aromatic carbocycles. The van der Waals surface area contributed by atoms with Crippen LogP contribution in [-0.2, 0) is 6.42 Å². The standard InChI is InChI=1S/C15H23Cl/c1-3-4-5-9-14(12-16)11-15-10-7-6-8-13(15)2/h6-8,10,14H,3-5,9,11-12H2,1-2H3. The SMILES string of the molecule is CCCCCC(CCl)Cc1ccccc1C. The molecule has 90 valence electrons. The molecule has 0 spiro atoms. The van der Waals surface area contributed by atoms with Gasteiger partial charge in [-0.05, 0) is 36.8 Å². The molecule has 0 nitrogen and oxygen atoms in total. The molecule has 1 heteroatoms. The fourth-order valence-electron chi connectivity index (χ4n) is 2.07. The predicted molar refractivity (Wildman–Crippen MR) is 73.2 cm³/mol. The normalized spacial score (nSPS) is 12.7. The van der Waals surface area contributed by atoms with Crippen LogP contribution in [0.15, 0.2) is 24.3 Å². The van der Waals surface area contributed by atoms with Crippen LogP contribution in [-0.4, -0.2) is 5.88 Å². The molecule has 0 saturated carbocycles. The second-order valence-electron chi connectivity index (χ2n) is 4.65. The highest BCUT2D eigenvalue weighted by molar-refractivity contribution is 6.18. The zero-order valence-corrected chi connectivity index (χ0v) is 11.3. The van der Waals surface area contributed by atoms with E-state index in [1.807, 2.05) is 0 Å². The largest absolute Gasteiger partial charge is 0.126 e. The first-order chi connectivity index (χ1) is 7.77. The number of benzene rings is 1. The Morgan fingerprint density at radius 1 is 1.19 bits per heavy atom.